The van der Waals surface area contributed by atoms with E-state index in [0.29, 0.717) is 0 Å². The second-order valence-electron chi connectivity index (χ2n) is 14.2. The maximum absolute atomic E-state index is 5.53. The zero-order valence-corrected chi connectivity index (χ0v) is 28.2. The van der Waals surface area contributed by atoms with E-state index in [-0.39, 0.29) is 0 Å². The van der Waals surface area contributed by atoms with Gasteiger partial charge in [0.2, 0.25) is 0 Å². The molecule has 2 aliphatic carbocycles. The van der Waals surface area contributed by atoms with Crippen LogP contribution in [0.5, 0.6) is 0 Å². The molecule has 0 aliphatic heterocycles. The van der Waals surface area contributed by atoms with Crippen LogP contribution in [0.2, 0.25) is 0 Å². The summed E-state index contributed by atoms with van der Waals surface area (Å²) < 4.78 is 2.49. The van der Waals surface area contributed by atoms with Gasteiger partial charge in [0.05, 0.1) is 22.0 Å². The summed E-state index contributed by atoms with van der Waals surface area (Å²) in [5.74, 6) is 0.923. The number of aromatic nitrogens is 2. The van der Waals surface area contributed by atoms with Gasteiger partial charge in [0.15, 0.2) is 0 Å². The van der Waals surface area contributed by atoms with Gasteiger partial charge in [0, 0.05) is 21.7 Å². The first-order valence-corrected chi connectivity index (χ1v) is 18.1. The number of fused-ring (bicyclic) bond motifs is 18. The fourth-order valence-corrected chi connectivity index (χ4v) is 9.89. The molecule has 0 N–H and O–H groups in total. The Kier molecular flexibility index (Phi) is 5.46. The molecule has 240 valence electrons. The number of pyridine rings is 1. The van der Waals surface area contributed by atoms with Crippen LogP contribution in [0.4, 0.5) is 0 Å². The largest absolute Gasteiger partial charge is 0.293 e. The van der Waals surface area contributed by atoms with Gasteiger partial charge in [-0.05, 0) is 79.0 Å². The van der Waals surface area contributed by atoms with Crippen molar-refractivity contribution in [2.24, 2.45) is 0 Å². The molecule has 0 radical (unpaired) electrons. The Balaban J connectivity index is 1.36. The van der Waals surface area contributed by atoms with E-state index in [4.69, 9.17) is 4.98 Å². The van der Waals surface area contributed by atoms with Crippen molar-refractivity contribution in [2.75, 3.05) is 0 Å². The molecule has 8 aromatic carbocycles. The standard InChI is InChI=1S/C50H30N2/c1-2-16-31(17-3-1)39-30-45(51-43-28-14-9-20-34(39)43)52-44-29-15-10-24-38(44)47-36-22-5-4-21-35(36)46-37-23-8-13-27-42(37)50(48(46)49(47)52)40-25-11-6-18-32(40)33-19-7-12-26-41(33)50/h1-30H. The van der Waals surface area contributed by atoms with Gasteiger partial charge in [-0.25, -0.2) is 4.98 Å². The molecule has 10 aromatic rings. The van der Waals surface area contributed by atoms with Crippen LogP contribution in [0.15, 0.2) is 182 Å². The van der Waals surface area contributed by atoms with Gasteiger partial charge in [-0.15, -0.1) is 0 Å². The molecule has 2 aliphatic rings. The first kappa shape index (κ1) is 28.0. The highest BCUT2D eigenvalue weighted by molar-refractivity contribution is 6.27. The smallest absolute Gasteiger partial charge is 0.138 e. The molecule has 2 heteroatoms. The molecular formula is C50H30N2. The lowest BCUT2D eigenvalue weighted by molar-refractivity contribution is 0.797. The molecule has 0 unspecified atom stereocenters. The molecule has 0 saturated carbocycles. The minimum atomic E-state index is -0.521. The molecule has 0 fully saturated rings. The van der Waals surface area contributed by atoms with E-state index in [1.165, 1.54) is 82.7 Å². The molecule has 0 amide bonds. The van der Waals surface area contributed by atoms with E-state index in [9.17, 15) is 0 Å². The lowest BCUT2D eigenvalue weighted by Crippen LogP contribution is -2.26. The predicted octanol–water partition coefficient (Wildman–Crippen LogP) is 12.5. The maximum atomic E-state index is 5.53. The quantitative estimate of drug-likeness (QED) is 0.181. The number of hydrogen-bond donors (Lipinski definition) is 0. The molecule has 0 atom stereocenters. The monoisotopic (exact) mass is 658 g/mol. The zero-order valence-electron chi connectivity index (χ0n) is 28.2. The number of rotatable bonds is 2. The molecule has 1 spiro atoms. The minimum absolute atomic E-state index is 0.521. The number of hydrogen-bond acceptors (Lipinski definition) is 1. The minimum Gasteiger partial charge on any atom is -0.293 e. The Hall–Kier alpha value is -6.77. The number of benzene rings is 8. The van der Waals surface area contributed by atoms with Crippen molar-refractivity contribution in [1.82, 2.24) is 9.55 Å². The van der Waals surface area contributed by atoms with Crippen LogP contribution in [0.3, 0.4) is 0 Å². The molecule has 2 nitrogen and oxygen atoms in total. The van der Waals surface area contributed by atoms with E-state index in [1.807, 2.05) is 0 Å². The number of para-hydroxylation sites is 2. The Morgan fingerprint density at radius 1 is 0.423 bits per heavy atom. The van der Waals surface area contributed by atoms with Crippen LogP contribution in [-0.2, 0) is 5.41 Å². The van der Waals surface area contributed by atoms with Crippen molar-refractivity contribution in [1.29, 1.82) is 0 Å². The predicted molar refractivity (Wildman–Crippen MR) is 215 cm³/mol. The molecule has 2 aromatic heterocycles. The van der Waals surface area contributed by atoms with Crippen molar-refractivity contribution >= 4 is 43.5 Å². The summed E-state index contributed by atoms with van der Waals surface area (Å²) in [5.41, 5.74) is 15.8. The summed E-state index contributed by atoms with van der Waals surface area (Å²) in [5, 5.41) is 6.21. The van der Waals surface area contributed by atoms with Crippen LogP contribution in [-0.4, -0.2) is 9.55 Å². The van der Waals surface area contributed by atoms with Crippen molar-refractivity contribution < 1.29 is 0 Å². The van der Waals surface area contributed by atoms with E-state index < -0.39 is 5.41 Å². The first-order valence-electron chi connectivity index (χ1n) is 18.1. The maximum Gasteiger partial charge on any atom is 0.138 e. The normalized spacial score (nSPS) is 13.5. The number of nitrogens with zero attached hydrogens (tertiary/aromatic N) is 2. The van der Waals surface area contributed by atoms with Gasteiger partial charge in [0.1, 0.15) is 5.82 Å². The highest BCUT2D eigenvalue weighted by atomic mass is 15.1. The van der Waals surface area contributed by atoms with Crippen molar-refractivity contribution in [3.8, 4) is 39.2 Å². The molecule has 12 rings (SSSR count). The highest BCUT2D eigenvalue weighted by Gasteiger charge is 2.53. The van der Waals surface area contributed by atoms with Crippen LogP contribution < -0.4 is 0 Å². The van der Waals surface area contributed by atoms with E-state index in [0.717, 1.165) is 22.2 Å². The summed E-state index contributed by atoms with van der Waals surface area (Å²) in [6.07, 6.45) is 0. The van der Waals surface area contributed by atoms with Gasteiger partial charge in [-0.3, -0.25) is 4.57 Å². The summed E-state index contributed by atoms with van der Waals surface area (Å²) in [6.45, 7) is 0. The highest BCUT2D eigenvalue weighted by Crippen LogP contribution is 2.66. The third kappa shape index (κ3) is 3.37. The topological polar surface area (TPSA) is 17.8 Å². The summed E-state index contributed by atoms with van der Waals surface area (Å²) >= 11 is 0. The molecule has 0 saturated heterocycles. The second kappa shape index (κ2) is 10.2. The molecular weight excluding hydrogens is 629 g/mol. The van der Waals surface area contributed by atoms with Gasteiger partial charge < -0.3 is 0 Å². The fraction of sp³-hybridized carbons (Fsp3) is 0.0200. The summed E-state index contributed by atoms with van der Waals surface area (Å²) in [4.78, 5) is 5.53. The molecule has 52 heavy (non-hydrogen) atoms. The second-order valence-corrected chi connectivity index (χ2v) is 14.2. The zero-order chi connectivity index (χ0) is 34.0. The summed E-state index contributed by atoms with van der Waals surface area (Å²) in [7, 11) is 0. The third-order valence-corrected chi connectivity index (χ3v) is 11.8. The lowest BCUT2D eigenvalue weighted by atomic mass is 9.70. The van der Waals surface area contributed by atoms with Gasteiger partial charge in [0.25, 0.3) is 0 Å². The van der Waals surface area contributed by atoms with Crippen LogP contribution in [0.25, 0.3) is 82.7 Å². The first-order chi connectivity index (χ1) is 25.8. The van der Waals surface area contributed by atoms with Gasteiger partial charge in [-0.1, -0.05) is 164 Å². The third-order valence-electron chi connectivity index (χ3n) is 11.8. The average Bonchev–Trinajstić information content (AvgIpc) is 3.83. The molecule has 2 heterocycles. The van der Waals surface area contributed by atoms with Crippen molar-refractivity contribution in [2.45, 2.75) is 5.41 Å². The van der Waals surface area contributed by atoms with Crippen molar-refractivity contribution in [3.63, 3.8) is 0 Å². The Morgan fingerprint density at radius 2 is 0.962 bits per heavy atom. The van der Waals surface area contributed by atoms with Crippen LogP contribution in [0.1, 0.15) is 22.3 Å². The summed E-state index contributed by atoms with van der Waals surface area (Å²) in [6, 6.07) is 67.0. The molecule has 0 bridgehead atoms. The van der Waals surface area contributed by atoms with Crippen LogP contribution in [0, 0.1) is 0 Å². The Labute approximate surface area is 300 Å². The van der Waals surface area contributed by atoms with E-state index in [2.05, 4.69) is 187 Å². The lowest BCUT2D eigenvalue weighted by Gasteiger charge is -2.31. The van der Waals surface area contributed by atoms with Gasteiger partial charge >= 0.3 is 0 Å². The SMILES string of the molecule is c1ccc(-c2cc(-n3c4ccccc4c4c5ccccc5c5c(c43)C3(c4ccccc4-c4ccccc43)c3ccccc3-5)nc3ccccc23)cc1. The van der Waals surface area contributed by atoms with E-state index in [1.54, 1.807) is 0 Å². The van der Waals surface area contributed by atoms with Crippen LogP contribution >= 0.6 is 0 Å². The van der Waals surface area contributed by atoms with E-state index >= 15 is 0 Å². The Morgan fingerprint density at radius 3 is 1.69 bits per heavy atom. The van der Waals surface area contributed by atoms with Crippen molar-refractivity contribution in [3.05, 3.63) is 204 Å². The Bertz CT molecular complexity index is 3080. The average molecular weight is 659 g/mol. The fourth-order valence-electron chi connectivity index (χ4n) is 9.89. The van der Waals surface area contributed by atoms with Gasteiger partial charge in [-0.2, -0.15) is 0 Å².